The molecule has 18 heavy (non-hydrogen) atoms. The van der Waals surface area contributed by atoms with Crippen molar-refractivity contribution in [3.8, 4) is 5.75 Å². The van der Waals surface area contributed by atoms with Crippen LogP contribution in [0.5, 0.6) is 5.75 Å². The number of para-hydroxylation sites is 1. The number of anilines is 1. The second-order valence-corrected chi connectivity index (χ2v) is 4.62. The second-order valence-electron chi connectivity index (χ2n) is 4.62. The van der Waals surface area contributed by atoms with Gasteiger partial charge in [0.2, 0.25) is 0 Å². The van der Waals surface area contributed by atoms with Gasteiger partial charge in [0.25, 0.3) is 0 Å². The van der Waals surface area contributed by atoms with Crippen LogP contribution in [-0.4, -0.2) is 9.55 Å². The Morgan fingerprint density at radius 3 is 2.72 bits per heavy atom. The highest BCUT2D eigenvalue weighted by Crippen LogP contribution is 2.20. The summed E-state index contributed by atoms with van der Waals surface area (Å²) in [6, 6.07) is 8.23. The molecule has 0 saturated heterocycles. The van der Waals surface area contributed by atoms with Gasteiger partial charge in [-0.25, -0.2) is 4.98 Å². The molecule has 2 N–H and O–H groups in total. The fraction of sp³-hybridized carbons (Fsp3) is 0.357. The van der Waals surface area contributed by atoms with Crippen molar-refractivity contribution in [1.82, 2.24) is 9.55 Å². The van der Waals surface area contributed by atoms with E-state index in [4.69, 9.17) is 10.5 Å². The van der Waals surface area contributed by atoms with E-state index in [2.05, 4.69) is 18.8 Å². The Morgan fingerprint density at radius 1 is 1.33 bits per heavy atom. The summed E-state index contributed by atoms with van der Waals surface area (Å²) in [6.45, 7) is 6.61. The summed E-state index contributed by atoms with van der Waals surface area (Å²) < 4.78 is 7.77. The number of aromatic nitrogens is 2. The van der Waals surface area contributed by atoms with Crippen molar-refractivity contribution in [2.24, 2.45) is 0 Å². The second kappa shape index (κ2) is 5.12. The van der Waals surface area contributed by atoms with Crippen LogP contribution in [0.15, 0.2) is 30.5 Å². The van der Waals surface area contributed by atoms with Gasteiger partial charge in [0.15, 0.2) is 0 Å². The summed E-state index contributed by atoms with van der Waals surface area (Å²) in [4.78, 5) is 4.29. The molecule has 2 aromatic rings. The summed E-state index contributed by atoms with van der Waals surface area (Å²) in [5.41, 5.74) is 7.00. The first-order valence-corrected chi connectivity index (χ1v) is 6.09. The molecule has 0 fully saturated rings. The number of hydrogen-bond donors (Lipinski definition) is 1. The van der Waals surface area contributed by atoms with Crippen molar-refractivity contribution in [2.75, 3.05) is 5.73 Å². The van der Waals surface area contributed by atoms with Gasteiger partial charge in [-0.2, -0.15) is 0 Å². The van der Waals surface area contributed by atoms with Gasteiger partial charge in [0, 0.05) is 6.04 Å². The number of hydrogen-bond acceptors (Lipinski definition) is 3. The fourth-order valence-corrected chi connectivity index (χ4v) is 1.98. The highest BCUT2D eigenvalue weighted by molar-refractivity contribution is 5.32. The molecule has 0 aliphatic heterocycles. The molecule has 0 radical (unpaired) electrons. The Hall–Kier alpha value is -1.97. The third-order valence-corrected chi connectivity index (χ3v) is 2.87. The van der Waals surface area contributed by atoms with Gasteiger partial charge in [-0.1, -0.05) is 18.2 Å². The summed E-state index contributed by atoms with van der Waals surface area (Å²) in [5, 5.41) is 0. The van der Waals surface area contributed by atoms with Crippen molar-refractivity contribution in [2.45, 2.75) is 33.4 Å². The van der Waals surface area contributed by atoms with Crippen LogP contribution in [0.4, 0.5) is 5.82 Å². The average Bonchev–Trinajstić information content (AvgIpc) is 2.69. The predicted molar refractivity (Wildman–Crippen MR) is 72.5 cm³/mol. The molecule has 0 spiro atoms. The lowest BCUT2D eigenvalue weighted by molar-refractivity contribution is 0.285. The van der Waals surface area contributed by atoms with Crippen LogP contribution in [0.2, 0.25) is 0 Å². The third-order valence-electron chi connectivity index (χ3n) is 2.87. The molecule has 1 heterocycles. The van der Waals surface area contributed by atoms with Crippen LogP contribution in [0.3, 0.4) is 0 Å². The SMILES string of the molecule is Cc1ccccc1OCc1ncc(N)n1C(C)C. The molecule has 0 amide bonds. The first-order valence-electron chi connectivity index (χ1n) is 6.09. The molecule has 96 valence electrons. The molecule has 4 heteroatoms. The van der Waals surface area contributed by atoms with Crippen LogP contribution < -0.4 is 10.5 Å². The summed E-state index contributed by atoms with van der Waals surface area (Å²) >= 11 is 0. The van der Waals surface area contributed by atoms with Crippen molar-refractivity contribution < 1.29 is 4.74 Å². The van der Waals surface area contributed by atoms with E-state index in [1.165, 1.54) is 0 Å². The Kier molecular flexibility index (Phi) is 3.55. The lowest BCUT2D eigenvalue weighted by Gasteiger charge is -2.14. The number of imidazole rings is 1. The normalized spacial score (nSPS) is 10.9. The van der Waals surface area contributed by atoms with Crippen molar-refractivity contribution in [1.29, 1.82) is 0 Å². The van der Waals surface area contributed by atoms with E-state index in [-0.39, 0.29) is 6.04 Å². The highest BCUT2D eigenvalue weighted by Gasteiger charge is 2.11. The zero-order valence-corrected chi connectivity index (χ0v) is 11.1. The van der Waals surface area contributed by atoms with Crippen LogP contribution in [0.25, 0.3) is 0 Å². The molecule has 0 aliphatic carbocycles. The summed E-state index contributed by atoms with van der Waals surface area (Å²) in [6.07, 6.45) is 1.68. The molecule has 0 atom stereocenters. The summed E-state index contributed by atoms with van der Waals surface area (Å²) in [7, 11) is 0. The number of nitrogen functional groups attached to an aromatic ring is 1. The number of nitrogens with zero attached hydrogens (tertiary/aromatic N) is 2. The minimum atomic E-state index is 0.281. The molecule has 2 rings (SSSR count). The van der Waals surface area contributed by atoms with Gasteiger partial charge >= 0.3 is 0 Å². The topological polar surface area (TPSA) is 53.1 Å². The maximum Gasteiger partial charge on any atom is 0.148 e. The van der Waals surface area contributed by atoms with Crippen LogP contribution in [-0.2, 0) is 6.61 Å². The molecular weight excluding hydrogens is 226 g/mol. The van der Waals surface area contributed by atoms with Crippen molar-refractivity contribution >= 4 is 5.82 Å². The Bertz CT molecular complexity index is 532. The minimum absolute atomic E-state index is 0.281. The predicted octanol–water partition coefficient (Wildman–Crippen LogP) is 2.93. The average molecular weight is 245 g/mol. The molecule has 0 unspecified atom stereocenters. The number of rotatable bonds is 4. The highest BCUT2D eigenvalue weighted by atomic mass is 16.5. The van der Waals surface area contributed by atoms with Crippen molar-refractivity contribution in [3.63, 3.8) is 0 Å². The van der Waals surface area contributed by atoms with Crippen LogP contribution in [0, 0.1) is 6.92 Å². The van der Waals surface area contributed by atoms with E-state index in [9.17, 15) is 0 Å². The zero-order valence-electron chi connectivity index (χ0n) is 11.1. The standard InChI is InChI=1S/C14H19N3O/c1-10(2)17-13(15)8-16-14(17)9-18-12-7-5-4-6-11(12)3/h4-8,10H,9,15H2,1-3H3. The number of benzene rings is 1. The van der Waals surface area contributed by atoms with E-state index >= 15 is 0 Å². The van der Waals surface area contributed by atoms with E-state index in [1.54, 1.807) is 6.20 Å². The molecule has 1 aromatic carbocycles. The van der Waals surface area contributed by atoms with Crippen LogP contribution >= 0.6 is 0 Å². The maximum absolute atomic E-state index is 5.89. The quantitative estimate of drug-likeness (QED) is 0.901. The molecule has 0 aliphatic rings. The van der Waals surface area contributed by atoms with Crippen LogP contribution in [0.1, 0.15) is 31.3 Å². The lowest BCUT2D eigenvalue weighted by Crippen LogP contribution is -2.11. The van der Waals surface area contributed by atoms with Crippen molar-refractivity contribution in [3.05, 3.63) is 41.9 Å². The molecule has 4 nitrogen and oxygen atoms in total. The Morgan fingerprint density at radius 2 is 2.06 bits per heavy atom. The molecular formula is C14H19N3O. The minimum Gasteiger partial charge on any atom is -0.485 e. The Balaban J connectivity index is 2.14. The largest absolute Gasteiger partial charge is 0.485 e. The van der Waals surface area contributed by atoms with E-state index in [0.717, 1.165) is 17.1 Å². The van der Waals surface area contributed by atoms with E-state index in [1.807, 2.05) is 35.8 Å². The van der Waals surface area contributed by atoms with E-state index in [0.29, 0.717) is 12.4 Å². The van der Waals surface area contributed by atoms with Gasteiger partial charge < -0.3 is 15.0 Å². The first-order chi connectivity index (χ1) is 8.59. The van der Waals surface area contributed by atoms with Gasteiger partial charge in [0.05, 0.1) is 6.20 Å². The maximum atomic E-state index is 5.89. The van der Waals surface area contributed by atoms with E-state index < -0.39 is 0 Å². The molecule has 0 bridgehead atoms. The summed E-state index contributed by atoms with van der Waals surface area (Å²) in [5.74, 6) is 2.41. The smallest absolute Gasteiger partial charge is 0.148 e. The fourth-order valence-electron chi connectivity index (χ4n) is 1.98. The first kappa shape index (κ1) is 12.5. The van der Waals surface area contributed by atoms with Gasteiger partial charge in [0.1, 0.15) is 24.0 Å². The Labute approximate surface area is 107 Å². The number of nitrogens with two attached hydrogens (primary N) is 1. The van der Waals surface area contributed by atoms with Gasteiger partial charge in [-0.15, -0.1) is 0 Å². The number of ether oxygens (including phenoxy) is 1. The van der Waals surface area contributed by atoms with Gasteiger partial charge in [-0.05, 0) is 32.4 Å². The zero-order chi connectivity index (χ0) is 13.1. The van der Waals surface area contributed by atoms with Gasteiger partial charge in [-0.3, -0.25) is 0 Å². The third kappa shape index (κ3) is 2.47. The number of aryl methyl sites for hydroxylation is 1. The molecule has 0 saturated carbocycles. The monoisotopic (exact) mass is 245 g/mol. The molecule has 1 aromatic heterocycles. The lowest BCUT2D eigenvalue weighted by atomic mass is 10.2.